The van der Waals surface area contributed by atoms with E-state index in [0.29, 0.717) is 5.57 Å². The zero-order valence-electron chi connectivity index (χ0n) is 10.4. The summed E-state index contributed by atoms with van der Waals surface area (Å²) in [5.74, 6) is -0.111. The summed E-state index contributed by atoms with van der Waals surface area (Å²) >= 11 is 1.60. The Morgan fingerprint density at radius 3 is 2.84 bits per heavy atom. The number of fused-ring (bicyclic) bond motifs is 1. The molecule has 0 radical (unpaired) electrons. The quantitative estimate of drug-likeness (QED) is 0.784. The number of rotatable bonds is 1. The van der Waals surface area contributed by atoms with E-state index in [-0.39, 0.29) is 5.91 Å². The van der Waals surface area contributed by atoms with Gasteiger partial charge in [-0.15, -0.1) is 11.3 Å². The molecule has 4 heteroatoms. The number of nitrogens with zero attached hydrogens (tertiary/aromatic N) is 1. The van der Waals surface area contributed by atoms with Crippen LogP contribution < -0.4 is 5.32 Å². The molecule has 1 aromatic heterocycles. The maximum atomic E-state index is 12.3. The van der Waals surface area contributed by atoms with Crippen LogP contribution in [0.2, 0.25) is 0 Å². The van der Waals surface area contributed by atoms with Gasteiger partial charge in [0.2, 0.25) is 0 Å². The molecule has 1 aliphatic heterocycles. The topological polar surface area (TPSA) is 41.5 Å². The summed E-state index contributed by atoms with van der Waals surface area (Å²) in [5.41, 5.74) is 2.89. The first-order valence-corrected chi connectivity index (χ1v) is 6.83. The first kappa shape index (κ1) is 11.9. The summed E-state index contributed by atoms with van der Waals surface area (Å²) in [7, 11) is 0. The molecule has 2 heterocycles. The van der Waals surface area contributed by atoms with Crippen molar-refractivity contribution in [3.05, 3.63) is 52.2 Å². The number of amides is 1. The van der Waals surface area contributed by atoms with Crippen LogP contribution in [-0.2, 0) is 4.79 Å². The van der Waals surface area contributed by atoms with Gasteiger partial charge in [0.25, 0.3) is 5.91 Å². The van der Waals surface area contributed by atoms with Crippen molar-refractivity contribution < 1.29 is 4.79 Å². The molecular formula is C15H12N2OS. The minimum atomic E-state index is -0.111. The molecule has 3 nitrogen and oxygen atoms in total. The van der Waals surface area contributed by atoms with Crippen LogP contribution in [0.5, 0.6) is 0 Å². The summed E-state index contributed by atoms with van der Waals surface area (Å²) in [5, 5.41) is 4.89. The van der Waals surface area contributed by atoms with Gasteiger partial charge in [-0.05, 0) is 36.6 Å². The van der Waals surface area contributed by atoms with Gasteiger partial charge in [-0.1, -0.05) is 18.2 Å². The summed E-state index contributed by atoms with van der Waals surface area (Å²) in [6, 6.07) is 11.5. The highest BCUT2D eigenvalue weighted by Crippen LogP contribution is 2.29. The predicted octanol–water partition coefficient (Wildman–Crippen LogP) is 3.88. The SMILES string of the molecule is CC1=Nc2ccccc2NC(=O)/C1=C/c1cccs1. The van der Waals surface area contributed by atoms with E-state index in [1.165, 1.54) is 0 Å². The molecule has 94 valence electrons. The normalized spacial score (nSPS) is 16.6. The van der Waals surface area contributed by atoms with E-state index in [2.05, 4.69) is 10.3 Å². The fourth-order valence-electron chi connectivity index (χ4n) is 1.96. The molecule has 1 aliphatic rings. The maximum absolute atomic E-state index is 12.3. The van der Waals surface area contributed by atoms with E-state index in [1.807, 2.05) is 54.8 Å². The molecule has 19 heavy (non-hydrogen) atoms. The van der Waals surface area contributed by atoms with Crippen molar-refractivity contribution in [1.29, 1.82) is 0 Å². The Hall–Kier alpha value is -2.20. The molecule has 3 rings (SSSR count). The van der Waals surface area contributed by atoms with Gasteiger partial charge in [0.15, 0.2) is 0 Å². The van der Waals surface area contributed by atoms with Crippen LogP contribution in [0, 0.1) is 0 Å². The molecule has 0 aliphatic carbocycles. The average Bonchev–Trinajstić information content (AvgIpc) is 2.87. The fraction of sp³-hybridized carbons (Fsp3) is 0.0667. The number of para-hydroxylation sites is 2. The third-order valence-electron chi connectivity index (χ3n) is 2.90. The Balaban J connectivity index is 2.08. The molecule has 1 amide bonds. The van der Waals surface area contributed by atoms with Crippen LogP contribution in [-0.4, -0.2) is 11.6 Å². The standard InChI is InChI=1S/C15H12N2OS/c1-10-12(9-11-5-4-8-19-11)15(18)17-14-7-3-2-6-13(14)16-10/h2-9H,1H3,(H,17,18)/b12-9+. The number of thiophene rings is 1. The second-order valence-corrected chi connectivity index (χ2v) is 5.22. The first-order chi connectivity index (χ1) is 9.24. The lowest BCUT2D eigenvalue weighted by Gasteiger charge is -2.04. The van der Waals surface area contributed by atoms with Gasteiger partial charge in [-0.2, -0.15) is 0 Å². The Morgan fingerprint density at radius 2 is 2.05 bits per heavy atom. The minimum absolute atomic E-state index is 0.111. The molecule has 1 N–H and O–H groups in total. The third kappa shape index (κ3) is 2.35. The Kier molecular flexibility index (Phi) is 3.01. The van der Waals surface area contributed by atoms with Crippen LogP contribution in [0.4, 0.5) is 11.4 Å². The zero-order chi connectivity index (χ0) is 13.2. The van der Waals surface area contributed by atoms with Crippen molar-refractivity contribution in [1.82, 2.24) is 0 Å². The van der Waals surface area contributed by atoms with Gasteiger partial charge in [0, 0.05) is 4.88 Å². The molecule has 0 spiro atoms. The van der Waals surface area contributed by atoms with Crippen molar-refractivity contribution in [3.8, 4) is 0 Å². The highest BCUT2D eigenvalue weighted by atomic mass is 32.1. The lowest BCUT2D eigenvalue weighted by molar-refractivity contribution is -0.112. The van der Waals surface area contributed by atoms with E-state index in [0.717, 1.165) is 22.0 Å². The minimum Gasteiger partial charge on any atom is -0.320 e. The van der Waals surface area contributed by atoms with Gasteiger partial charge < -0.3 is 5.32 Å². The fourth-order valence-corrected chi connectivity index (χ4v) is 2.61. The van der Waals surface area contributed by atoms with Crippen molar-refractivity contribution in [2.45, 2.75) is 6.92 Å². The predicted molar refractivity (Wildman–Crippen MR) is 80.1 cm³/mol. The second kappa shape index (κ2) is 4.82. The summed E-state index contributed by atoms with van der Waals surface area (Å²) in [4.78, 5) is 17.8. The molecule has 1 aromatic carbocycles. The van der Waals surface area contributed by atoms with Gasteiger partial charge in [0.1, 0.15) is 0 Å². The van der Waals surface area contributed by atoms with Crippen LogP contribution in [0.1, 0.15) is 11.8 Å². The molecule has 0 unspecified atom stereocenters. The van der Waals surface area contributed by atoms with E-state index in [9.17, 15) is 4.79 Å². The molecular weight excluding hydrogens is 256 g/mol. The Bertz CT molecular complexity index is 684. The summed E-state index contributed by atoms with van der Waals surface area (Å²) in [6.07, 6.45) is 1.88. The van der Waals surface area contributed by atoms with E-state index in [4.69, 9.17) is 0 Å². The highest BCUT2D eigenvalue weighted by molar-refractivity contribution is 7.10. The number of anilines is 1. The van der Waals surface area contributed by atoms with E-state index in [1.54, 1.807) is 11.3 Å². The Morgan fingerprint density at radius 1 is 1.21 bits per heavy atom. The largest absolute Gasteiger partial charge is 0.320 e. The van der Waals surface area contributed by atoms with Crippen molar-refractivity contribution in [2.75, 3.05) is 5.32 Å². The van der Waals surface area contributed by atoms with Crippen LogP contribution in [0.3, 0.4) is 0 Å². The smallest absolute Gasteiger partial charge is 0.257 e. The molecule has 0 saturated heterocycles. The molecule has 0 atom stereocenters. The first-order valence-electron chi connectivity index (χ1n) is 5.95. The zero-order valence-corrected chi connectivity index (χ0v) is 11.2. The van der Waals surface area contributed by atoms with Crippen LogP contribution in [0.25, 0.3) is 6.08 Å². The van der Waals surface area contributed by atoms with Crippen molar-refractivity contribution in [3.63, 3.8) is 0 Å². The van der Waals surface area contributed by atoms with Gasteiger partial charge in [-0.3, -0.25) is 9.79 Å². The van der Waals surface area contributed by atoms with Gasteiger partial charge in [-0.25, -0.2) is 0 Å². The van der Waals surface area contributed by atoms with E-state index >= 15 is 0 Å². The molecule has 0 bridgehead atoms. The van der Waals surface area contributed by atoms with Crippen molar-refractivity contribution in [2.24, 2.45) is 4.99 Å². The number of nitrogens with one attached hydrogen (secondary N) is 1. The summed E-state index contributed by atoms with van der Waals surface area (Å²) in [6.45, 7) is 1.86. The lowest BCUT2D eigenvalue weighted by Crippen LogP contribution is -2.16. The van der Waals surface area contributed by atoms with Crippen LogP contribution >= 0.6 is 11.3 Å². The van der Waals surface area contributed by atoms with E-state index < -0.39 is 0 Å². The highest BCUT2D eigenvalue weighted by Gasteiger charge is 2.18. The second-order valence-electron chi connectivity index (χ2n) is 4.24. The number of hydrogen-bond donors (Lipinski definition) is 1. The van der Waals surface area contributed by atoms with Gasteiger partial charge >= 0.3 is 0 Å². The number of hydrogen-bond acceptors (Lipinski definition) is 3. The molecule has 0 fully saturated rings. The molecule has 2 aromatic rings. The monoisotopic (exact) mass is 268 g/mol. The number of benzene rings is 1. The number of carbonyl (C=O) groups is 1. The number of carbonyl (C=O) groups excluding carboxylic acids is 1. The Labute approximate surface area is 115 Å². The number of aliphatic imine (C=N–C) groups is 1. The lowest BCUT2D eigenvalue weighted by atomic mass is 10.1. The third-order valence-corrected chi connectivity index (χ3v) is 3.72. The summed E-state index contributed by atoms with van der Waals surface area (Å²) < 4.78 is 0. The van der Waals surface area contributed by atoms with Crippen LogP contribution in [0.15, 0.2) is 52.3 Å². The maximum Gasteiger partial charge on any atom is 0.257 e. The van der Waals surface area contributed by atoms with Crippen molar-refractivity contribution >= 4 is 40.4 Å². The average molecular weight is 268 g/mol. The van der Waals surface area contributed by atoms with Gasteiger partial charge in [0.05, 0.1) is 22.7 Å². The molecule has 0 saturated carbocycles.